The fourth-order valence-corrected chi connectivity index (χ4v) is 3.18. The quantitative estimate of drug-likeness (QED) is 0.888. The molecule has 1 unspecified atom stereocenters. The standard InChI is InChI=1S/C14H26N4/c1-10(2)13-7-6-8-18(13)14-12(9-15-4)11(3)16-17(14)5/h10,13,15H,6-9H2,1-5H3. The minimum Gasteiger partial charge on any atom is -0.353 e. The molecule has 1 saturated heterocycles. The van der Waals surface area contributed by atoms with Crippen molar-refractivity contribution in [3.05, 3.63) is 11.3 Å². The van der Waals surface area contributed by atoms with Crippen LogP contribution in [0.4, 0.5) is 5.82 Å². The maximum absolute atomic E-state index is 4.60. The van der Waals surface area contributed by atoms with Crippen LogP contribution in [-0.2, 0) is 13.6 Å². The first-order valence-electron chi connectivity index (χ1n) is 7.00. The number of rotatable bonds is 4. The summed E-state index contributed by atoms with van der Waals surface area (Å²) in [7, 11) is 4.07. The van der Waals surface area contributed by atoms with Crippen molar-refractivity contribution in [2.75, 3.05) is 18.5 Å². The first-order valence-corrected chi connectivity index (χ1v) is 7.00. The predicted molar refractivity (Wildman–Crippen MR) is 75.9 cm³/mol. The van der Waals surface area contributed by atoms with Gasteiger partial charge in [-0.1, -0.05) is 13.8 Å². The molecule has 1 atom stereocenters. The molecule has 0 spiro atoms. The Morgan fingerprint density at radius 1 is 1.44 bits per heavy atom. The molecular weight excluding hydrogens is 224 g/mol. The molecule has 4 heteroatoms. The number of nitrogens with one attached hydrogen (secondary N) is 1. The highest BCUT2D eigenvalue weighted by molar-refractivity contribution is 5.52. The number of hydrogen-bond donors (Lipinski definition) is 1. The van der Waals surface area contributed by atoms with Crippen LogP contribution < -0.4 is 10.2 Å². The molecule has 1 aliphatic rings. The van der Waals surface area contributed by atoms with E-state index >= 15 is 0 Å². The van der Waals surface area contributed by atoms with Crippen LogP contribution in [0.1, 0.15) is 37.9 Å². The van der Waals surface area contributed by atoms with Crippen LogP contribution in [0.3, 0.4) is 0 Å². The third-order valence-electron chi connectivity index (χ3n) is 4.01. The Labute approximate surface area is 110 Å². The van der Waals surface area contributed by atoms with Gasteiger partial charge in [0.1, 0.15) is 5.82 Å². The van der Waals surface area contributed by atoms with Crippen LogP contribution >= 0.6 is 0 Å². The van der Waals surface area contributed by atoms with E-state index in [1.165, 1.54) is 30.8 Å². The van der Waals surface area contributed by atoms with Gasteiger partial charge in [-0.05, 0) is 32.7 Å². The molecule has 102 valence electrons. The largest absolute Gasteiger partial charge is 0.353 e. The minimum atomic E-state index is 0.662. The number of aryl methyl sites for hydroxylation is 2. The van der Waals surface area contributed by atoms with Crippen molar-refractivity contribution in [2.45, 2.75) is 46.2 Å². The van der Waals surface area contributed by atoms with E-state index in [1.54, 1.807) is 0 Å². The molecular formula is C14H26N4. The summed E-state index contributed by atoms with van der Waals surface area (Å²) in [6, 6.07) is 0.662. The second kappa shape index (κ2) is 5.31. The van der Waals surface area contributed by atoms with E-state index in [0.29, 0.717) is 12.0 Å². The average molecular weight is 250 g/mol. The van der Waals surface area contributed by atoms with Gasteiger partial charge in [0.25, 0.3) is 0 Å². The number of hydrogen-bond acceptors (Lipinski definition) is 3. The van der Waals surface area contributed by atoms with Gasteiger partial charge in [0.05, 0.1) is 5.69 Å². The summed E-state index contributed by atoms with van der Waals surface area (Å²) in [5.74, 6) is 2.02. The van der Waals surface area contributed by atoms with E-state index in [1.807, 2.05) is 7.05 Å². The van der Waals surface area contributed by atoms with Crippen molar-refractivity contribution in [3.63, 3.8) is 0 Å². The van der Waals surface area contributed by atoms with Crippen molar-refractivity contribution in [2.24, 2.45) is 13.0 Å². The zero-order chi connectivity index (χ0) is 13.3. The van der Waals surface area contributed by atoms with E-state index in [0.717, 1.165) is 12.2 Å². The smallest absolute Gasteiger partial charge is 0.131 e. The van der Waals surface area contributed by atoms with E-state index in [2.05, 4.69) is 47.8 Å². The zero-order valence-electron chi connectivity index (χ0n) is 12.3. The van der Waals surface area contributed by atoms with Gasteiger partial charge in [0, 0.05) is 31.7 Å². The molecule has 0 radical (unpaired) electrons. The number of aromatic nitrogens is 2. The molecule has 18 heavy (non-hydrogen) atoms. The first kappa shape index (κ1) is 13.4. The van der Waals surface area contributed by atoms with Crippen molar-refractivity contribution in [1.29, 1.82) is 0 Å². The van der Waals surface area contributed by atoms with Gasteiger partial charge < -0.3 is 10.2 Å². The van der Waals surface area contributed by atoms with Gasteiger partial charge in [-0.15, -0.1) is 0 Å². The summed E-state index contributed by atoms with van der Waals surface area (Å²) in [5, 5.41) is 7.87. The zero-order valence-corrected chi connectivity index (χ0v) is 12.3. The molecule has 0 saturated carbocycles. The van der Waals surface area contributed by atoms with Crippen LogP contribution in [0.25, 0.3) is 0 Å². The summed E-state index contributed by atoms with van der Waals surface area (Å²) >= 11 is 0. The molecule has 0 bridgehead atoms. The van der Waals surface area contributed by atoms with Gasteiger partial charge in [-0.3, -0.25) is 4.68 Å². The maximum Gasteiger partial charge on any atom is 0.131 e. The minimum absolute atomic E-state index is 0.662. The lowest BCUT2D eigenvalue weighted by molar-refractivity contribution is 0.484. The number of anilines is 1. The normalized spacial score (nSPS) is 20.1. The average Bonchev–Trinajstić information content (AvgIpc) is 2.85. The van der Waals surface area contributed by atoms with E-state index in [9.17, 15) is 0 Å². The molecule has 2 heterocycles. The first-order chi connectivity index (χ1) is 8.56. The summed E-state index contributed by atoms with van der Waals surface area (Å²) in [6.45, 7) is 8.82. The van der Waals surface area contributed by atoms with Crippen LogP contribution in [0, 0.1) is 12.8 Å². The third-order valence-corrected chi connectivity index (χ3v) is 4.01. The third kappa shape index (κ3) is 2.26. The lowest BCUT2D eigenvalue weighted by Gasteiger charge is -2.30. The Kier molecular flexibility index (Phi) is 3.95. The maximum atomic E-state index is 4.60. The van der Waals surface area contributed by atoms with Gasteiger partial charge in [-0.2, -0.15) is 5.10 Å². The SMILES string of the molecule is CNCc1c(C)nn(C)c1N1CCCC1C(C)C. The van der Waals surface area contributed by atoms with Crippen LogP contribution in [0.5, 0.6) is 0 Å². The molecule has 1 aliphatic heterocycles. The molecule has 1 N–H and O–H groups in total. The molecule has 0 amide bonds. The Hall–Kier alpha value is -1.03. The predicted octanol–water partition coefficient (Wildman–Crippen LogP) is 2.07. The van der Waals surface area contributed by atoms with Gasteiger partial charge in [-0.25, -0.2) is 0 Å². The second-order valence-electron chi connectivity index (χ2n) is 5.69. The Balaban J connectivity index is 2.37. The Morgan fingerprint density at radius 3 is 2.78 bits per heavy atom. The molecule has 1 aromatic heterocycles. The topological polar surface area (TPSA) is 33.1 Å². The summed E-state index contributed by atoms with van der Waals surface area (Å²) < 4.78 is 2.06. The Bertz CT molecular complexity index is 408. The highest BCUT2D eigenvalue weighted by Gasteiger charge is 2.31. The lowest BCUT2D eigenvalue weighted by atomic mass is 10.0. The van der Waals surface area contributed by atoms with Crippen LogP contribution in [0.2, 0.25) is 0 Å². The molecule has 0 aliphatic carbocycles. The van der Waals surface area contributed by atoms with Crippen molar-refractivity contribution >= 4 is 5.82 Å². The van der Waals surface area contributed by atoms with Gasteiger partial charge in [0.15, 0.2) is 0 Å². The lowest BCUT2D eigenvalue weighted by Crippen LogP contribution is -2.35. The summed E-state index contributed by atoms with van der Waals surface area (Å²) in [5.41, 5.74) is 2.50. The molecule has 2 rings (SSSR count). The van der Waals surface area contributed by atoms with Crippen LogP contribution in [0.15, 0.2) is 0 Å². The van der Waals surface area contributed by atoms with E-state index in [-0.39, 0.29) is 0 Å². The Morgan fingerprint density at radius 2 is 2.17 bits per heavy atom. The summed E-state index contributed by atoms with van der Waals surface area (Å²) in [6.07, 6.45) is 2.60. The molecule has 1 aromatic rings. The van der Waals surface area contributed by atoms with Crippen molar-refractivity contribution in [3.8, 4) is 0 Å². The second-order valence-corrected chi connectivity index (χ2v) is 5.69. The monoisotopic (exact) mass is 250 g/mol. The van der Waals surface area contributed by atoms with Crippen molar-refractivity contribution in [1.82, 2.24) is 15.1 Å². The molecule has 4 nitrogen and oxygen atoms in total. The fraction of sp³-hybridized carbons (Fsp3) is 0.786. The van der Waals surface area contributed by atoms with Gasteiger partial charge in [0.2, 0.25) is 0 Å². The van der Waals surface area contributed by atoms with E-state index in [4.69, 9.17) is 0 Å². The van der Waals surface area contributed by atoms with E-state index < -0.39 is 0 Å². The number of nitrogens with zero attached hydrogens (tertiary/aromatic N) is 3. The fourth-order valence-electron chi connectivity index (χ4n) is 3.18. The van der Waals surface area contributed by atoms with Gasteiger partial charge >= 0.3 is 0 Å². The highest BCUT2D eigenvalue weighted by atomic mass is 15.4. The summed E-state index contributed by atoms with van der Waals surface area (Å²) in [4.78, 5) is 2.57. The van der Waals surface area contributed by atoms with Crippen molar-refractivity contribution < 1.29 is 0 Å². The highest BCUT2D eigenvalue weighted by Crippen LogP contribution is 2.32. The molecule has 0 aromatic carbocycles. The van der Waals surface area contributed by atoms with Crippen LogP contribution in [-0.4, -0.2) is 29.4 Å². The molecule has 1 fully saturated rings.